The van der Waals surface area contributed by atoms with E-state index in [4.69, 9.17) is 16.3 Å². The van der Waals surface area contributed by atoms with Crippen LogP contribution in [-0.4, -0.2) is 38.8 Å². The molecule has 0 radical (unpaired) electrons. The standard InChI is InChI=1S/C22H22ClN5O3/c1-13(25-21(29)18-14(2)26-28-9-5-8-24-20(18)28)17-12-15-6-4-7-16(23)19(15)22(30)27(17)10-11-31-3/h4-9,12-13H,10-11H2,1-3H3,(H,25,29)/t13-/m0/s1. The number of aromatic nitrogens is 4. The fraction of sp³-hybridized carbons (Fsp3) is 0.273. The second-order valence-corrected chi connectivity index (χ2v) is 7.67. The zero-order chi connectivity index (χ0) is 22.1. The molecule has 8 nitrogen and oxygen atoms in total. The average molecular weight is 440 g/mol. The predicted molar refractivity (Wildman–Crippen MR) is 119 cm³/mol. The number of amides is 1. The molecule has 1 N–H and O–H groups in total. The van der Waals surface area contributed by atoms with Crippen molar-refractivity contribution in [2.24, 2.45) is 0 Å². The number of benzene rings is 1. The predicted octanol–water partition coefficient (Wildman–Crippen LogP) is 3.14. The quantitative estimate of drug-likeness (QED) is 0.498. The lowest BCUT2D eigenvalue weighted by Gasteiger charge is -2.21. The maximum absolute atomic E-state index is 13.2. The summed E-state index contributed by atoms with van der Waals surface area (Å²) in [6.07, 6.45) is 3.36. The number of aryl methyl sites for hydroxylation is 1. The first-order valence-electron chi connectivity index (χ1n) is 9.84. The van der Waals surface area contributed by atoms with Gasteiger partial charge in [0.1, 0.15) is 5.56 Å². The molecule has 1 amide bonds. The van der Waals surface area contributed by atoms with Gasteiger partial charge in [0.15, 0.2) is 5.65 Å². The Morgan fingerprint density at radius 3 is 2.90 bits per heavy atom. The number of nitrogens with zero attached hydrogens (tertiary/aromatic N) is 4. The summed E-state index contributed by atoms with van der Waals surface area (Å²) < 4.78 is 8.35. The maximum Gasteiger partial charge on any atom is 0.260 e. The van der Waals surface area contributed by atoms with E-state index in [1.54, 1.807) is 53.7 Å². The molecule has 0 fully saturated rings. The number of nitrogens with one attached hydrogen (secondary N) is 1. The number of methoxy groups -OCH3 is 1. The van der Waals surface area contributed by atoms with Crippen molar-refractivity contribution >= 4 is 33.9 Å². The summed E-state index contributed by atoms with van der Waals surface area (Å²) in [6, 6.07) is 8.49. The second kappa shape index (κ2) is 8.49. The number of carbonyl (C=O) groups excluding carboxylic acids is 1. The van der Waals surface area contributed by atoms with Crippen molar-refractivity contribution < 1.29 is 9.53 Å². The first kappa shape index (κ1) is 21.0. The van der Waals surface area contributed by atoms with Crippen molar-refractivity contribution in [1.82, 2.24) is 24.5 Å². The third kappa shape index (κ3) is 3.80. The van der Waals surface area contributed by atoms with Gasteiger partial charge in [0, 0.05) is 31.7 Å². The number of fused-ring (bicyclic) bond motifs is 2. The summed E-state index contributed by atoms with van der Waals surface area (Å²) in [4.78, 5) is 30.6. The normalized spacial score (nSPS) is 12.4. The van der Waals surface area contributed by atoms with Gasteiger partial charge < -0.3 is 14.6 Å². The molecule has 3 heterocycles. The average Bonchev–Trinajstić information content (AvgIpc) is 3.08. The van der Waals surface area contributed by atoms with Crippen LogP contribution in [0.25, 0.3) is 16.4 Å². The summed E-state index contributed by atoms with van der Waals surface area (Å²) in [6.45, 7) is 4.28. The highest BCUT2D eigenvalue weighted by Gasteiger charge is 2.22. The van der Waals surface area contributed by atoms with E-state index >= 15 is 0 Å². The van der Waals surface area contributed by atoms with Crippen LogP contribution in [0, 0.1) is 6.92 Å². The lowest BCUT2D eigenvalue weighted by atomic mass is 10.1. The number of ether oxygens (including phenoxy) is 1. The van der Waals surface area contributed by atoms with E-state index in [2.05, 4.69) is 15.4 Å². The molecule has 0 spiro atoms. The summed E-state index contributed by atoms with van der Waals surface area (Å²) >= 11 is 6.29. The van der Waals surface area contributed by atoms with Crippen LogP contribution in [0.3, 0.4) is 0 Å². The van der Waals surface area contributed by atoms with Gasteiger partial charge in [-0.25, -0.2) is 9.50 Å². The molecular weight excluding hydrogens is 418 g/mol. The lowest BCUT2D eigenvalue weighted by Crippen LogP contribution is -2.33. The summed E-state index contributed by atoms with van der Waals surface area (Å²) in [7, 11) is 1.57. The summed E-state index contributed by atoms with van der Waals surface area (Å²) in [5.41, 5.74) is 1.90. The van der Waals surface area contributed by atoms with E-state index in [0.29, 0.717) is 46.2 Å². The highest BCUT2D eigenvalue weighted by molar-refractivity contribution is 6.35. The number of carbonyl (C=O) groups is 1. The van der Waals surface area contributed by atoms with E-state index < -0.39 is 6.04 Å². The van der Waals surface area contributed by atoms with Crippen LogP contribution in [0.5, 0.6) is 0 Å². The SMILES string of the molecule is COCCn1c([C@H](C)NC(=O)c2c(C)nn3cccnc23)cc2cccc(Cl)c2c1=O. The Labute approximate surface area is 183 Å². The van der Waals surface area contributed by atoms with Gasteiger partial charge in [0.2, 0.25) is 0 Å². The molecule has 0 saturated carbocycles. The van der Waals surface area contributed by atoms with Gasteiger partial charge in [-0.3, -0.25) is 9.59 Å². The number of rotatable bonds is 6. The van der Waals surface area contributed by atoms with Gasteiger partial charge in [-0.15, -0.1) is 0 Å². The third-order valence-corrected chi connectivity index (χ3v) is 5.54. The van der Waals surface area contributed by atoms with Gasteiger partial charge in [0.25, 0.3) is 11.5 Å². The largest absolute Gasteiger partial charge is 0.383 e. The van der Waals surface area contributed by atoms with Crippen LogP contribution in [0.4, 0.5) is 0 Å². The topological polar surface area (TPSA) is 90.5 Å². The van der Waals surface area contributed by atoms with Gasteiger partial charge in [0.05, 0.1) is 28.8 Å². The lowest BCUT2D eigenvalue weighted by molar-refractivity contribution is 0.0938. The Bertz CT molecular complexity index is 1340. The molecule has 1 aromatic carbocycles. The zero-order valence-electron chi connectivity index (χ0n) is 17.4. The highest BCUT2D eigenvalue weighted by atomic mass is 35.5. The Morgan fingerprint density at radius 1 is 1.32 bits per heavy atom. The minimum atomic E-state index is -0.460. The molecule has 4 aromatic rings. The molecule has 0 unspecified atom stereocenters. The molecule has 0 aliphatic carbocycles. The van der Waals surface area contributed by atoms with Crippen LogP contribution < -0.4 is 10.9 Å². The molecule has 4 rings (SSSR count). The summed E-state index contributed by atoms with van der Waals surface area (Å²) in [5, 5.41) is 8.89. The van der Waals surface area contributed by atoms with Gasteiger partial charge in [-0.1, -0.05) is 23.7 Å². The van der Waals surface area contributed by atoms with Crippen molar-refractivity contribution in [3.8, 4) is 0 Å². The Balaban J connectivity index is 1.76. The molecule has 1 atom stereocenters. The van der Waals surface area contributed by atoms with Crippen LogP contribution >= 0.6 is 11.6 Å². The Hall–Kier alpha value is -3.23. The highest BCUT2D eigenvalue weighted by Crippen LogP contribution is 2.24. The Kier molecular flexibility index (Phi) is 5.75. The van der Waals surface area contributed by atoms with E-state index in [-0.39, 0.29) is 11.5 Å². The fourth-order valence-corrected chi connectivity index (χ4v) is 4.02. The van der Waals surface area contributed by atoms with E-state index in [0.717, 1.165) is 5.39 Å². The minimum absolute atomic E-state index is 0.218. The first-order valence-corrected chi connectivity index (χ1v) is 10.2. The van der Waals surface area contributed by atoms with E-state index in [9.17, 15) is 9.59 Å². The summed E-state index contributed by atoms with van der Waals surface area (Å²) in [5.74, 6) is -0.310. The number of hydrogen-bond donors (Lipinski definition) is 1. The molecule has 0 saturated heterocycles. The first-order chi connectivity index (χ1) is 14.9. The maximum atomic E-state index is 13.2. The van der Waals surface area contributed by atoms with Gasteiger partial charge in [-0.2, -0.15) is 5.10 Å². The minimum Gasteiger partial charge on any atom is -0.383 e. The van der Waals surface area contributed by atoms with Crippen LogP contribution in [0.2, 0.25) is 5.02 Å². The van der Waals surface area contributed by atoms with Crippen LogP contribution in [0.15, 0.2) is 47.5 Å². The molecule has 160 valence electrons. The van der Waals surface area contributed by atoms with Crippen molar-refractivity contribution in [3.05, 3.63) is 75.1 Å². The Morgan fingerprint density at radius 2 is 2.13 bits per heavy atom. The molecule has 31 heavy (non-hydrogen) atoms. The zero-order valence-corrected chi connectivity index (χ0v) is 18.2. The molecular formula is C22H22ClN5O3. The van der Waals surface area contributed by atoms with Crippen molar-refractivity contribution in [2.45, 2.75) is 26.4 Å². The molecule has 3 aromatic heterocycles. The van der Waals surface area contributed by atoms with Crippen molar-refractivity contribution in [2.75, 3.05) is 13.7 Å². The smallest absolute Gasteiger partial charge is 0.260 e. The fourth-order valence-electron chi connectivity index (χ4n) is 3.75. The third-order valence-electron chi connectivity index (χ3n) is 5.23. The molecule has 0 aliphatic rings. The molecule has 9 heteroatoms. The van der Waals surface area contributed by atoms with Crippen LogP contribution in [-0.2, 0) is 11.3 Å². The monoisotopic (exact) mass is 439 g/mol. The number of hydrogen-bond acceptors (Lipinski definition) is 5. The van der Waals surface area contributed by atoms with Gasteiger partial charge in [-0.05, 0) is 37.4 Å². The van der Waals surface area contributed by atoms with Crippen molar-refractivity contribution in [3.63, 3.8) is 0 Å². The van der Waals surface area contributed by atoms with E-state index in [1.807, 2.05) is 19.1 Å². The molecule has 0 aliphatic heterocycles. The number of halogens is 1. The van der Waals surface area contributed by atoms with Gasteiger partial charge >= 0.3 is 0 Å². The van der Waals surface area contributed by atoms with Crippen LogP contribution in [0.1, 0.15) is 34.7 Å². The second-order valence-electron chi connectivity index (χ2n) is 7.27. The van der Waals surface area contributed by atoms with E-state index in [1.165, 1.54) is 0 Å². The van der Waals surface area contributed by atoms with Crippen molar-refractivity contribution in [1.29, 1.82) is 0 Å². The molecule has 0 bridgehead atoms. The number of pyridine rings is 1.